The second kappa shape index (κ2) is 8.47. The van der Waals surface area contributed by atoms with E-state index in [0.717, 1.165) is 29.9 Å². The van der Waals surface area contributed by atoms with E-state index >= 15 is 0 Å². The Kier molecular flexibility index (Phi) is 5.14. The molecule has 35 heavy (non-hydrogen) atoms. The lowest BCUT2D eigenvalue weighted by molar-refractivity contribution is 0.122. The van der Waals surface area contributed by atoms with Crippen LogP contribution in [0, 0.1) is 0 Å². The first-order valence-corrected chi connectivity index (χ1v) is 11.4. The molecule has 0 bridgehead atoms. The zero-order valence-electron chi connectivity index (χ0n) is 19.3. The lowest BCUT2D eigenvalue weighted by Crippen LogP contribution is -2.36. The third-order valence-corrected chi connectivity index (χ3v) is 6.05. The van der Waals surface area contributed by atoms with E-state index in [2.05, 4.69) is 40.2 Å². The number of hydrogen-bond donors (Lipinski definition) is 3. The van der Waals surface area contributed by atoms with Crippen LogP contribution in [0.4, 0.5) is 11.5 Å². The maximum absolute atomic E-state index is 13.3. The van der Waals surface area contributed by atoms with Gasteiger partial charge in [-0.25, -0.2) is 19.9 Å². The third-order valence-electron chi connectivity index (χ3n) is 6.05. The summed E-state index contributed by atoms with van der Waals surface area (Å²) in [5.74, 6) is 1.87. The van der Waals surface area contributed by atoms with Gasteiger partial charge in [-0.1, -0.05) is 0 Å². The van der Waals surface area contributed by atoms with E-state index in [1.807, 2.05) is 20.0 Å². The van der Waals surface area contributed by atoms with E-state index in [4.69, 9.17) is 9.72 Å². The molecule has 0 spiro atoms. The van der Waals surface area contributed by atoms with Crippen LogP contribution in [0.15, 0.2) is 41.7 Å². The molecule has 1 aliphatic rings. The van der Waals surface area contributed by atoms with E-state index in [-0.39, 0.29) is 11.6 Å². The summed E-state index contributed by atoms with van der Waals surface area (Å²) < 4.78 is 7.11. The van der Waals surface area contributed by atoms with Crippen molar-refractivity contribution in [3.8, 4) is 11.4 Å². The van der Waals surface area contributed by atoms with Crippen molar-refractivity contribution in [1.29, 1.82) is 0 Å². The minimum atomic E-state index is -0.283. The molecule has 5 aromatic heterocycles. The maximum Gasteiger partial charge on any atom is 0.261 e. The molecule has 12 heteroatoms. The summed E-state index contributed by atoms with van der Waals surface area (Å²) in [6.07, 6.45) is 6.89. The molecular weight excluding hydrogens is 448 g/mol. The molecular formula is C23H24N10O2. The molecule has 3 N–H and O–H groups in total. The van der Waals surface area contributed by atoms with E-state index < -0.39 is 0 Å². The summed E-state index contributed by atoms with van der Waals surface area (Å²) in [5.41, 5.74) is 3.35. The van der Waals surface area contributed by atoms with Gasteiger partial charge in [0.1, 0.15) is 28.5 Å². The van der Waals surface area contributed by atoms with Crippen molar-refractivity contribution in [3.63, 3.8) is 0 Å². The SMILES string of the molecule is CC(Nc1c(-c2nc3cc(N4CCOCC4)ncc3[nH]2)c(=O)[nH]c2cn(C)nc12)c1ncccn1. The highest BCUT2D eigenvalue weighted by molar-refractivity contribution is 5.96. The van der Waals surface area contributed by atoms with E-state index in [9.17, 15) is 4.79 Å². The number of nitrogens with zero attached hydrogens (tertiary/aromatic N) is 7. The number of aryl methyl sites for hydroxylation is 1. The van der Waals surface area contributed by atoms with Gasteiger partial charge in [0, 0.05) is 44.8 Å². The number of rotatable bonds is 5. The van der Waals surface area contributed by atoms with Crippen LogP contribution in [0.25, 0.3) is 33.5 Å². The van der Waals surface area contributed by atoms with Crippen LogP contribution in [0.2, 0.25) is 0 Å². The van der Waals surface area contributed by atoms with Gasteiger partial charge in [-0.15, -0.1) is 0 Å². The number of nitrogens with one attached hydrogen (secondary N) is 3. The fraction of sp³-hybridized carbons (Fsp3) is 0.304. The molecule has 1 atom stereocenters. The summed E-state index contributed by atoms with van der Waals surface area (Å²) >= 11 is 0. The predicted molar refractivity (Wildman–Crippen MR) is 131 cm³/mol. The first kappa shape index (κ1) is 21.2. The predicted octanol–water partition coefficient (Wildman–Crippen LogP) is 2.00. The molecule has 0 aliphatic carbocycles. The molecule has 6 rings (SSSR count). The monoisotopic (exact) mass is 472 g/mol. The fourth-order valence-electron chi connectivity index (χ4n) is 4.35. The second-order valence-electron chi connectivity index (χ2n) is 8.49. The van der Waals surface area contributed by atoms with Gasteiger partial charge in [-0.05, 0) is 13.0 Å². The Hall–Kier alpha value is -4.32. The van der Waals surface area contributed by atoms with Gasteiger partial charge in [-0.2, -0.15) is 5.10 Å². The Morgan fingerprint density at radius 1 is 1.11 bits per heavy atom. The third kappa shape index (κ3) is 3.87. The summed E-state index contributed by atoms with van der Waals surface area (Å²) in [4.78, 5) is 39.7. The molecule has 178 valence electrons. The van der Waals surface area contributed by atoms with Crippen molar-refractivity contribution in [2.45, 2.75) is 13.0 Å². The van der Waals surface area contributed by atoms with Crippen LogP contribution < -0.4 is 15.8 Å². The smallest absolute Gasteiger partial charge is 0.261 e. The summed E-state index contributed by atoms with van der Waals surface area (Å²) in [6, 6.07) is 3.42. The zero-order valence-corrected chi connectivity index (χ0v) is 19.3. The van der Waals surface area contributed by atoms with Crippen molar-refractivity contribution in [2.75, 3.05) is 36.5 Å². The van der Waals surface area contributed by atoms with E-state index in [0.29, 0.717) is 47.1 Å². The number of aromatic amines is 2. The number of imidazole rings is 1. The number of ether oxygens (including phenoxy) is 1. The van der Waals surface area contributed by atoms with Gasteiger partial charge in [-0.3, -0.25) is 9.48 Å². The minimum absolute atomic E-state index is 0.277. The first-order chi connectivity index (χ1) is 17.1. The van der Waals surface area contributed by atoms with Crippen molar-refractivity contribution in [3.05, 3.63) is 53.1 Å². The highest BCUT2D eigenvalue weighted by Gasteiger charge is 2.23. The molecule has 0 amide bonds. The van der Waals surface area contributed by atoms with Crippen molar-refractivity contribution in [2.24, 2.45) is 7.05 Å². The number of aromatic nitrogens is 8. The summed E-state index contributed by atoms with van der Waals surface area (Å²) in [5, 5.41) is 8.00. The van der Waals surface area contributed by atoms with Crippen LogP contribution in [0.3, 0.4) is 0 Å². The average Bonchev–Trinajstić information content (AvgIpc) is 3.47. The number of anilines is 2. The lowest BCUT2D eigenvalue weighted by atomic mass is 10.1. The Morgan fingerprint density at radius 3 is 2.71 bits per heavy atom. The normalized spacial score (nSPS) is 15.1. The number of H-pyrrole nitrogens is 2. The van der Waals surface area contributed by atoms with Crippen LogP contribution in [-0.4, -0.2) is 66.0 Å². The average molecular weight is 473 g/mol. The van der Waals surface area contributed by atoms with Gasteiger partial charge < -0.3 is 24.9 Å². The van der Waals surface area contributed by atoms with Crippen LogP contribution in [-0.2, 0) is 11.8 Å². The van der Waals surface area contributed by atoms with Gasteiger partial charge in [0.2, 0.25) is 0 Å². The minimum Gasteiger partial charge on any atom is -0.378 e. The summed E-state index contributed by atoms with van der Waals surface area (Å²) in [6.45, 7) is 4.83. The molecule has 0 aromatic carbocycles. The molecule has 1 aliphatic heterocycles. The Morgan fingerprint density at radius 2 is 1.91 bits per heavy atom. The molecule has 0 saturated carbocycles. The number of pyridine rings is 2. The topological polar surface area (TPSA) is 143 Å². The zero-order chi connectivity index (χ0) is 23.9. The van der Waals surface area contributed by atoms with Crippen LogP contribution in [0.5, 0.6) is 0 Å². The van der Waals surface area contributed by atoms with Crippen molar-refractivity contribution < 1.29 is 4.74 Å². The van der Waals surface area contributed by atoms with E-state index in [1.165, 1.54) is 0 Å². The Bertz CT molecular complexity index is 1570. The van der Waals surface area contributed by atoms with Crippen molar-refractivity contribution >= 4 is 33.6 Å². The number of hydrogen-bond acceptors (Lipinski definition) is 9. The maximum atomic E-state index is 13.3. The molecule has 0 radical (unpaired) electrons. The van der Waals surface area contributed by atoms with Crippen molar-refractivity contribution in [1.82, 2.24) is 39.7 Å². The highest BCUT2D eigenvalue weighted by Crippen LogP contribution is 2.32. The molecule has 1 unspecified atom stereocenters. The largest absolute Gasteiger partial charge is 0.378 e. The molecule has 12 nitrogen and oxygen atoms in total. The lowest BCUT2D eigenvalue weighted by Gasteiger charge is -2.27. The number of morpholine rings is 1. The van der Waals surface area contributed by atoms with Gasteiger partial charge in [0.05, 0.1) is 47.7 Å². The standard InChI is InChI=1S/C23H24N10O2/c1-13(21-24-4-3-5-25-21)27-20-18(23(34)30-16-12-32(2)31-19(16)20)22-28-14-10-17(26-11-15(14)29-22)33-6-8-35-9-7-33/h3-5,10-13,27H,6-9H2,1-2H3,(H,28,29)(H,30,34). The van der Waals surface area contributed by atoms with Gasteiger partial charge in [0.25, 0.3) is 5.56 Å². The molecule has 1 saturated heterocycles. The van der Waals surface area contributed by atoms with Crippen LogP contribution in [0.1, 0.15) is 18.8 Å². The Balaban J connectivity index is 1.47. The second-order valence-corrected chi connectivity index (χ2v) is 8.49. The quantitative estimate of drug-likeness (QED) is 0.350. The number of fused-ring (bicyclic) bond motifs is 2. The Labute approximate surface area is 199 Å². The van der Waals surface area contributed by atoms with Gasteiger partial charge >= 0.3 is 0 Å². The molecule has 5 aromatic rings. The molecule has 6 heterocycles. The van der Waals surface area contributed by atoms with Gasteiger partial charge in [0.15, 0.2) is 0 Å². The van der Waals surface area contributed by atoms with Crippen LogP contribution >= 0.6 is 0 Å². The molecule has 1 fully saturated rings. The fourth-order valence-corrected chi connectivity index (χ4v) is 4.35. The summed E-state index contributed by atoms with van der Waals surface area (Å²) in [7, 11) is 1.81. The first-order valence-electron chi connectivity index (χ1n) is 11.4. The van der Waals surface area contributed by atoms with E-state index in [1.54, 1.807) is 35.5 Å². The highest BCUT2D eigenvalue weighted by atomic mass is 16.5.